The molecular weight excluding hydrogens is 166 g/mol. The molecule has 4 nitrogen and oxygen atoms in total. The number of aliphatic hydroxyl groups is 1. The van der Waals surface area contributed by atoms with Gasteiger partial charge in [-0.1, -0.05) is 0 Å². The Morgan fingerprint density at radius 3 is 2.91 bits per heavy atom. The normalized spacial score (nSPS) is 9.55. The lowest BCUT2D eigenvalue weighted by Crippen LogP contribution is -1.98. The largest absolute Gasteiger partial charge is 0.396 e. The van der Waals surface area contributed by atoms with Crippen molar-refractivity contribution in [3.8, 4) is 0 Å². The molecule has 0 aliphatic heterocycles. The quantitative estimate of drug-likeness (QED) is 0.189. The molecule has 0 bridgehead atoms. The highest BCUT2D eigenvalue weighted by Gasteiger charge is 1.89. The summed E-state index contributed by atoms with van der Waals surface area (Å²) in [5.74, 6) is 1.76. The molecule has 66 valence electrons. The lowest BCUT2D eigenvalue weighted by atomic mass is 10.5. The van der Waals surface area contributed by atoms with Gasteiger partial charge in [0.2, 0.25) is 6.40 Å². The Balaban J connectivity index is 2.74. The van der Waals surface area contributed by atoms with Crippen molar-refractivity contribution in [2.75, 3.05) is 24.7 Å². The van der Waals surface area contributed by atoms with Gasteiger partial charge in [0.15, 0.2) is 0 Å². The van der Waals surface area contributed by atoms with E-state index in [9.17, 15) is 0 Å². The van der Waals surface area contributed by atoms with Gasteiger partial charge in [-0.15, -0.1) is 0 Å². The molecule has 0 heterocycles. The summed E-state index contributed by atoms with van der Waals surface area (Å²) in [6.07, 6.45) is 1.56. The van der Waals surface area contributed by atoms with Crippen LogP contribution in [0.3, 0.4) is 0 Å². The molecule has 5 heteroatoms. The van der Waals surface area contributed by atoms with Crippen LogP contribution in [0, 0.1) is 5.41 Å². The Morgan fingerprint density at radius 1 is 1.45 bits per heavy atom. The topological polar surface area (TPSA) is 62.5 Å². The maximum Gasteiger partial charge on any atom is 0.212 e. The van der Waals surface area contributed by atoms with Gasteiger partial charge in [-0.05, 0) is 12.2 Å². The van der Waals surface area contributed by atoms with E-state index < -0.39 is 0 Å². The van der Waals surface area contributed by atoms with Crippen LogP contribution in [0.4, 0.5) is 0 Å². The van der Waals surface area contributed by atoms with Crippen LogP contribution in [-0.4, -0.2) is 36.2 Å². The Labute approximate surface area is 70.3 Å². The minimum Gasteiger partial charge on any atom is -0.396 e. The average molecular weight is 179 g/mol. The number of hydrogen-bond acceptors (Lipinski definition) is 5. The summed E-state index contributed by atoms with van der Waals surface area (Å²) < 4.78 is 0. The van der Waals surface area contributed by atoms with Crippen LogP contribution in [-0.2, 0) is 9.78 Å². The van der Waals surface area contributed by atoms with Crippen LogP contribution < -0.4 is 0 Å². The molecule has 0 spiro atoms. The van der Waals surface area contributed by atoms with Gasteiger partial charge >= 0.3 is 0 Å². The Morgan fingerprint density at radius 2 is 2.27 bits per heavy atom. The summed E-state index contributed by atoms with van der Waals surface area (Å²) in [4.78, 5) is 8.76. The van der Waals surface area contributed by atoms with Crippen molar-refractivity contribution in [1.82, 2.24) is 0 Å². The first-order chi connectivity index (χ1) is 5.41. The second kappa shape index (κ2) is 9.74. The van der Waals surface area contributed by atoms with Gasteiger partial charge in [-0.3, -0.25) is 5.41 Å². The van der Waals surface area contributed by atoms with E-state index >= 15 is 0 Å². The molecule has 0 fully saturated rings. The fourth-order valence-electron chi connectivity index (χ4n) is 0.444. The highest BCUT2D eigenvalue weighted by atomic mass is 32.2. The second-order valence-corrected chi connectivity index (χ2v) is 2.95. The van der Waals surface area contributed by atoms with E-state index in [2.05, 4.69) is 9.78 Å². The fraction of sp³-hybridized carbons (Fsp3) is 0.833. The Kier molecular flexibility index (Phi) is 9.51. The Hall–Kier alpha value is -0.260. The number of nitrogens with one attached hydrogen (secondary N) is 1. The highest BCUT2D eigenvalue weighted by Crippen LogP contribution is 2.00. The lowest BCUT2D eigenvalue weighted by Gasteiger charge is -1.99. The third-order valence-corrected chi connectivity index (χ3v) is 1.91. The van der Waals surface area contributed by atoms with Crippen LogP contribution in [0.1, 0.15) is 6.42 Å². The summed E-state index contributed by atoms with van der Waals surface area (Å²) in [6.45, 7) is 0.719. The first-order valence-electron chi connectivity index (χ1n) is 3.37. The monoisotopic (exact) mass is 179 g/mol. The van der Waals surface area contributed by atoms with Crippen LogP contribution in [0.5, 0.6) is 0 Å². The molecule has 2 N–H and O–H groups in total. The van der Waals surface area contributed by atoms with E-state index in [-0.39, 0.29) is 6.61 Å². The zero-order valence-corrected chi connectivity index (χ0v) is 7.10. The van der Waals surface area contributed by atoms with Crippen molar-refractivity contribution in [1.29, 1.82) is 5.41 Å². The summed E-state index contributed by atoms with van der Waals surface area (Å²) in [7, 11) is 0. The van der Waals surface area contributed by atoms with Gasteiger partial charge in [0, 0.05) is 12.4 Å². The molecule has 0 aromatic heterocycles. The summed E-state index contributed by atoms with van der Waals surface area (Å²) in [5.41, 5.74) is 0. The highest BCUT2D eigenvalue weighted by molar-refractivity contribution is 7.99. The van der Waals surface area contributed by atoms with E-state index in [0.717, 1.165) is 24.3 Å². The zero-order chi connectivity index (χ0) is 8.36. The van der Waals surface area contributed by atoms with Crippen LogP contribution in [0.15, 0.2) is 0 Å². The summed E-state index contributed by atoms with van der Waals surface area (Å²) >= 11 is 1.69. The fourth-order valence-corrected chi connectivity index (χ4v) is 1.17. The van der Waals surface area contributed by atoms with Gasteiger partial charge in [0.25, 0.3) is 0 Å². The van der Waals surface area contributed by atoms with Crippen LogP contribution >= 0.6 is 11.8 Å². The first kappa shape index (κ1) is 10.7. The van der Waals surface area contributed by atoms with Crippen LogP contribution in [0.2, 0.25) is 0 Å². The standard InChI is InChI=1S/C6H13NO3S/c7-6-10-9-3-5-11-4-1-2-8/h6-8H,1-5H2. The zero-order valence-electron chi connectivity index (χ0n) is 6.28. The van der Waals surface area contributed by atoms with Crippen molar-refractivity contribution >= 4 is 18.2 Å². The maximum atomic E-state index is 8.41. The van der Waals surface area contributed by atoms with Gasteiger partial charge < -0.3 is 9.99 Å². The minimum atomic E-state index is 0.241. The number of hydrogen-bond donors (Lipinski definition) is 2. The van der Waals surface area contributed by atoms with Gasteiger partial charge in [-0.2, -0.15) is 16.6 Å². The van der Waals surface area contributed by atoms with E-state index in [1.807, 2.05) is 0 Å². The van der Waals surface area contributed by atoms with Crippen molar-refractivity contribution < 1.29 is 14.9 Å². The molecule has 0 aromatic carbocycles. The number of aliphatic hydroxyl groups excluding tert-OH is 1. The molecule has 0 saturated carbocycles. The van der Waals surface area contributed by atoms with Crippen molar-refractivity contribution in [2.24, 2.45) is 0 Å². The predicted molar refractivity (Wildman–Crippen MR) is 44.8 cm³/mol. The molecule has 0 aliphatic carbocycles. The molecule has 0 atom stereocenters. The molecule has 0 amide bonds. The Bertz CT molecular complexity index is 91.9. The van der Waals surface area contributed by atoms with E-state index in [1.54, 1.807) is 11.8 Å². The van der Waals surface area contributed by atoms with E-state index in [0.29, 0.717) is 6.61 Å². The maximum absolute atomic E-state index is 8.41. The third kappa shape index (κ3) is 9.74. The summed E-state index contributed by atoms with van der Waals surface area (Å²) in [6, 6.07) is 0. The molecule has 0 saturated heterocycles. The SMILES string of the molecule is N=COOCCSCCCO. The number of thioether (sulfide) groups is 1. The predicted octanol–water partition coefficient (Wildman–Crippen LogP) is 0.657. The molecule has 0 aromatic rings. The third-order valence-electron chi connectivity index (χ3n) is 0.874. The molecule has 0 rings (SSSR count). The molecule has 0 aliphatic rings. The van der Waals surface area contributed by atoms with Crippen LogP contribution in [0.25, 0.3) is 0 Å². The smallest absolute Gasteiger partial charge is 0.212 e. The lowest BCUT2D eigenvalue weighted by molar-refractivity contribution is -0.211. The van der Waals surface area contributed by atoms with Gasteiger partial charge in [0.05, 0.1) is 0 Å². The molecule has 0 radical (unpaired) electrons. The van der Waals surface area contributed by atoms with Gasteiger partial charge in [-0.25, -0.2) is 0 Å². The van der Waals surface area contributed by atoms with E-state index in [4.69, 9.17) is 10.5 Å². The second-order valence-electron chi connectivity index (χ2n) is 1.73. The van der Waals surface area contributed by atoms with Crippen molar-refractivity contribution in [3.63, 3.8) is 0 Å². The van der Waals surface area contributed by atoms with Crippen molar-refractivity contribution in [2.45, 2.75) is 6.42 Å². The first-order valence-corrected chi connectivity index (χ1v) is 4.53. The molecule has 11 heavy (non-hydrogen) atoms. The average Bonchev–Trinajstić information content (AvgIpc) is 2.03. The number of rotatable bonds is 8. The van der Waals surface area contributed by atoms with E-state index in [1.165, 1.54) is 0 Å². The van der Waals surface area contributed by atoms with Gasteiger partial charge in [0.1, 0.15) is 6.61 Å². The van der Waals surface area contributed by atoms with Crippen molar-refractivity contribution in [3.05, 3.63) is 0 Å². The molecular formula is C6H13NO3S. The summed E-state index contributed by atoms with van der Waals surface area (Å²) in [5, 5.41) is 14.8. The molecule has 0 unspecified atom stereocenters. The minimum absolute atomic E-state index is 0.241.